The molecule has 5 atom stereocenters. The summed E-state index contributed by atoms with van der Waals surface area (Å²) in [5.41, 5.74) is 3.34. The average molecular weight is 453 g/mol. The van der Waals surface area contributed by atoms with Crippen molar-refractivity contribution < 1.29 is 14.7 Å². The van der Waals surface area contributed by atoms with Crippen LogP contribution >= 0.6 is 11.3 Å². The Morgan fingerprint density at radius 3 is 2.88 bits per heavy atom. The van der Waals surface area contributed by atoms with Gasteiger partial charge in [0.1, 0.15) is 11.5 Å². The van der Waals surface area contributed by atoms with E-state index in [1.165, 1.54) is 22.5 Å². The van der Waals surface area contributed by atoms with E-state index in [9.17, 15) is 14.7 Å². The molecule has 0 saturated heterocycles. The fourth-order valence-electron chi connectivity index (χ4n) is 6.96. The van der Waals surface area contributed by atoms with Gasteiger partial charge < -0.3 is 10.4 Å². The Morgan fingerprint density at radius 2 is 2.12 bits per heavy atom. The second-order valence-corrected chi connectivity index (χ2v) is 11.6. The highest BCUT2D eigenvalue weighted by Crippen LogP contribution is 2.62. The van der Waals surface area contributed by atoms with Crippen LogP contribution in [0.5, 0.6) is 5.75 Å². The van der Waals surface area contributed by atoms with Crippen LogP contribution in [0.4, 0.5) is 5.13 Å². The number of rotatable bonds is 4. The SMILES string of the molecule is Cc1cnc(NC(=O)CCC2CC(=O)C3(C)CCC4c5cc(C)c(O)cc5CCC4C23)s1. The van der Waals surface area contributed by atoms with Gasteiger partial charge in [0.05, 0.1) is 0 Å². The first kappa shape index (κ1) is 21.6. The molecular formula is C26H32N2O3S. The summed E-state index contributed by atoms with van der Waals surface area (Å²) in [5, 5.41) is 13.8. The number of phenols is 1. The average Bonchev–Trinajstić information content (AvgIpc) is 3.27. The molecule has 2 fully saturated rings. The molecule has 0 bridgehead atoms. The van der Waals surface area contributed by atoms with Gasteiger partial charge in [0.2, 0.25) is 5.91 Å². The molecule has 32 heavy (non-hydrogen) atoms. The number of fused-ring (bicyclic) bond motifs is 5. The number of aromatic nitrogens is 1. The second kappa shape index (κ2) is 7.98. The van der Waals surface area contributed by atoms with E-state index in [1.807, 2.05) is 19.9 Å². The molecule has 5 unspecified atom stereocenters. The first-order valence-corrected chi connectivity index (χ1v) is 12.7. The number of benzene rings is 1. The van der Waals surface area contributed by atoms with Gasteiger partial charge in [-0.25, -0.2) is 4.98 Å². The Morgan fingerprint density at radius 1 is 1.31 bits per heavy atom. The summed E-state index contributed by atoms with van der Waals surface area (Å²) in [7, 11) is 0. The number of nitrogens with one attached hydrogen (secondary N) is 1. The van der Waals surface area contributed by atoms with Crippen molar-refractivity contribution in [2.75, 3.05) is 5.32 Å². The number of ketones is 1. The molecule has 170 valence electrons. The molecule has 0 radical (unpaired) electrons. The lowest BCUT2D eigenvalue weighted by atomic mass is 9.54. The van der Waals surface area contributed by atoms with Crippen molar-refractivity contribution in [3.05, 3.63) is 39.9 Å². The lowest BCUT2D eigenvalue weighted by Gasteiger charge is -2.50. The van der Waals surface area contributed by atoms with Crippen molar-refractivity contribution in [2.24, 2.45) is 23.2 Å². The highest BCUT2D eigenvalue weighted by Gasteiger charge is 2.58. The molecular weight excluding hydrogens is 420 g/mol. The van der Waals surface area contributed by atoms with E-state index >= 15 is 0 Å². The number of anilines is 1. The van der Waals surface area contributed by atoms with E-state index in [2.05, 4.69) is 23.3 Å². The normalized spacial score (nSPS) is 31.0. The minimum Gasteiger partial charge on any atom is -0.508 e. The molecule has 2 aromatic rings. The molecule has 0 aliphatic heterocycles. The Balaban J connectivity index is 1.35. The fourth-order valence-corrected chi connectivity index (χ4v) is 7.64. The minimum absolute atomic E-state index is 0.00662. The van der Waals surface area contributed by atoms with Crippen LogP contribution in [0, 0.1) is 37.0 Å². The molecule has 5 rings (SSSR count). The van der Waals surface area contributed by atoms with Gasteiger partial charge in [-0.15, -0.1) is 11.3 Å². The summed E-state index contributed by atoms with van der Waals surface area (Å²) in [4.78, 5) is 31.0. The third-order valence-electron chi connectivity index (χ3n) is 8.49. The van der Waals surface area contributed by atoms with Gasteiger partial charge in [0.15, 0.2) is 5.13 Å². The van der Waals surface area contributed by atoms with E-state index in [1.54, 1.807) is 6.20 Å². The van der Waals surface area contributed by atoms with Crippen LogP contribution in [-0.4, -0.2) is 21.8 Å². The predicted molar refractivity (Wildman–Crippen MR) is 126 cm³/mol. The Kier molecular flexibility index (Phi) is 5.39. The molecule has 3 aliphatic carbocycles. The molecule has 0 spiro atoms. The van der Waals surface area contributed by atoms with Gasteiger partial charge in [0, 0.05) is 29.3 Å². The highest BCUT2D eigenvalue weighted by molar-refractivity contribution is 7.15. The lowest BCUT2D eigenvalue weighted by Crippen LogP contribution is -2.44. The molecule has 1 heterocycles. The summed E-state index contributed by atoms with van der Waals surface area (Å²) in [6.45, 7) is 6.13. The number of carbonyl (C=O) groups excluding carboxylic acids is 2. The Bertz CT molecular complexity index is 1080. The smallest absolute Gasteiger partial charge is 0.226 e. The van der Waals surface area contributed by atoms with E-state index in [4.69, 9.17) is 0 Å². The zero-order valence-corrected chi connectivity index (χ0v) is 19.9. The molecule has 3 aliphatic rings. The molecule has 2 saturated carbocycles. The van der Waals surface area contributed by atoms with Crippen molar-refractivity contribution in [1.82, 2.24) is 4.98 Å². The van der Waals surface area contributed by atoms with Crippen molar-refractivity contribution in [3.8, 4) is 5.75 Å². The highest BCUT2D eigenvalue weighted by atomic mass is 32.1. The van der Waals surface area contributed by atoms with Gasteiger partial charge >= 0.3 is 0 Å². The largest absolute Gasteiger partial charge is 0.508 e. The third-order valence-corrected chi connectivity index (χ3v) is 9.32. The monoisotopic (exact) mass is 452 g/mol. The van der Waals surface area contributed by atoms with Crippen LogP contribution in [-0.2, 0) is 16.0 Å². The maximum atomic E-state index is 13.2. The number of nitrogens with zero attached hydrogens (tertiary/aromatic N) is 1. The molecule has 1 amide bonds. The fraction of sp³-hybridized carbons (Fsp3) is 0.577. The number of carbonyl (C=O) groups is 2. The molecule has 6 heteroatoms. The third kappa shape index (κ3) is 3.57. The van der Waals surface area contributed by atoms with Crippen molar-refractivity contribution >= 4 is 28.2 Å². The van der Waals surface area contributed by atoms with E-state index < -0.39 is 0 Å². The van der Waals surface area contributed by atoms with E-state index in [0.717, 1.165) is 42.5 Å². The topological polar surface area (TPSA) is 79.3 Å². The number of hydrogen-bond donors (Lipinski definition) is 2. The second-order valence-electron chi connectivity index (χ2n) is 10.4. The minimum atomic E-state index is -0.252. The number of phenolic OH excluding ortho intramolecular Hbond substituents is 1. The number of hydrogen-bond acceptors (Lipinski definition) is 5. The maximum Gasteiger partial charge on any atom is 0.226 e. The van der Waals surface area contributed by atoms with Crippen LogP contribution in [0.15, 0.2) is 18.3 Å². The van der Waals surface area contributed by atoms with Gasteiger partial charge in [0.25, 0.3) is 0 Å². The standard InChI is InChI=1S/C26H32N2O3S/c1-14-10-20-16(11-21(14)29)4-6-19-18(20)8-9-26(3)22(30)12-17(24(19)26)5-7-23(31)28-25-27-13-15(2)32-25/h10-11,13,17-19,24,29H,4-9,12H2,1-3H3,(H,27,28,31). The summed E-state index contributed by atoms with van der Waals surface area (Å²) in [5.74, 6) is 2.32. The van der Waals surface area contributed by atoms with Gasteiger partial charge in [-0.05, 0) is 92.4 Å². The number of aryl methyl sites for hydroxylation is 3. The lowest BCUT2D eigenvalue weighted by molar-refractivity contribution is -0.129. The van der Waals surface area contributed by atoms with Crippen LogP contribution in [0.25, 0.3) is 0 Å². The Hall–Kier alpha value is -2.21. The van der Waals surface area contributed by atoms with Crippen molar-refractivity contribution in [3.63, 3.8) is 0 Å². The van der Waals surface area contributed by atoms with E-state index in [0.29, 0.717) is 47.3 Å². The van der Waals surface area contributed by atoms with Crippen LogP contribution < -0.4 is 5.32 Å². The maximum absolute atomic E-state index is 13.2. The first-order valence-electron chi connectivity index (χ1n) is 11.8. The van der Waals surface area contributed by atoms with Crippen LogP contribution in [0.2, 0.25) is 0 Å². The summed E-state index contributed by atoms with van der Waals surface area (Å²) in [6, 6.07) is 4.13. The number of Topliss-reactive ketones (excluding diaryl/α,β-unsaturated/α-hetero) is 1. The molecule has 2 N–H and O–H groups in total. The van der Waals surface area contributed by atoms with Crippen LogP contribution in [0.3, 0.4) is 0 Å². The Labute approximate surface area is 193 Å². The van der Waals surface area contributed by atoms with Crippen molar-refractivity contribution in [2.45, 2.75) is 71.6 Å². The number of thiazole rings is 1. The van der Waals surface area contributed by atoms with Crippen LogP contribution in [0.1, 0.15) is 72.9 Å². The quantitative estimate of drug-likeness (QED) is 0.639. The summed E-state index contributed by atoms with van der Waals surface area (Å²) >= 11 is 1.49. The van der Waals surface area contributed by atoms with Gasteiger partial charge in [-0.3, -0.25) is 9.59 Å². The predicted octanol–water partition coefficient (Wildman–Crippen LogP) is 5.54. The molecule has 1 aromatic carbocycles. The molecule has 5 nitrogen and oxygen atoms in total. The zero-order chi connectivity index (χ0) is 22.6. The van der Waals surface area contributed by atoms with Gasteiger partial charge in [-0.1, -0.05) is 13.0 Å². The number of aromatic hydroxyl groups is 1. The van der Waals surface area contributed by atoms with Crippen molar-refractivity contribution in [1.29, 1.82) is 0 Å². The zero-order valence-electron chi connectivity index (χ0n) is 19.1. The molecule has 1 aromatic heterocycles. The number of amides is 1. The summed E-state index contributed by atoms with van der Waals surface area (Å²) < 4.78 is 0. The first-order chi connectivity index (χ1) is 15.3. The van der Waals surface area contributed by atoms with Gasteiger partial charge in [-0.2, -0.15) is 0 Å². The summed E-state index contributed by atoms with van der Waals surface area (Å²) in [6.07, 6.45) is 7.56. The van der Waals surface area contributed by atoms with E-state index in [-0.39, 0.29) is 17.2 Å².